The molecule has 0 spiro atoms. The normalized spacial score (nSPS) is 21.4. The lowest BCUT2D eigenvalue weighted by molar-refractivity contribution is -0.110. The van der Waals surface area contributed by atoms with Crippen molar-refractivity contribution in [3.63, 3.8) is 0 Å². The number of benzene rings is 1. The van der Waals surface area contributed by atoms with Gasteiger partial charge in [0.05, 0.1) is 12.5 Å². The molecule has 0 radical (unpaired) electrons. The smallest absolute Gasteiger partial charge is 0.273 e. The van der Waals surface area contributed by atoms with E-state index in [4.69, 9.17) is 4.84 Å². The Morgan fingerprint density at radius 2 is 2.19 bits per heavy atom. The lowest BCUT2D eigenvalue weighted by Gasteiger charge is -2.17. The third-order valence-electron chi connectivity index (χ3n) is 4.92. The number of hydrogen-bond acceptors (Lipinski definition) is 5. The van der Waals surface area contributed by atoms with Crippen LogP contribution < -0.4 is 10.2 Å². The molecular weight excluding hydrogens is 330 g/mol. The number of carbonyl (C=O) groups excluding carboxylic acids is 1. The lowest BCUT2D eigenvalue weighted by atomic mass is 10.0. The largest absolute Gasteiger partial charge is 0.389 e. The van der Waals surface area contributed by atoms with Crippen LogP contribution in [0.1, 0.15) is 0 Å². The molecule has 3 aromatic rings. The topological polar surface area (TPSA) is 82.6 Å². The van der Waals surface area contributed by atoms with E-state index in [0.29, 0.717) is 18.8 Å². The first-order chi connectivity index (χ1) is 12.8. The van der Waals surface area contributed by atoms with Gasteiger partial charge in [0, 0.05) is 35.5 Å². The van der Waals surface area contributed by atoms with Crippen molar-refractivity contribution >= 4 is 34.0 Å². The van der Waals surface area contributed by atoms with E-state index in [0.717, 1.165) is 22.4 Å². The second-order valence-corrected chi connectivity index (χ2v) is 6.55. The summed E-state index contributed by atoms with van der Waals surface area (Å²) in [5.41, 5.74) is 2.22. The van der Waals surface area contributed by atoms with Gasteiger partial charge in [0.25, 0.3) is 5.91 Å². The predicted octanol–water partition coefficient (Wildman–Crippen LogP) is 2.39. The second kappa shape index (κ2) is 5.87. The fraction of sp³-hybridized carbons (Fsp3) is 0.211. The molecule has 1 aromatic carbocycles. The van der Waals surface area contributed by atoms with Gasteiger partial charge in [0.1, 0.15) is 5.82 Å². The summed E-state index contributed by atoms with van der Waals surface area (Å²) < 4.78 is 0. The summed E-state index contributed by atoms with van der Waals surface area (Å²) in [6.07, 6.45) is 3.54. The molecule has 4 heterocycles. The highest BCUT2D eigenvalue weighted by Gasteiger charge is 2.45. The van der Waals surface area contributed by atoms with Crippen LogP contribution in [0.15, 0.2) is 60.0 Å². The minimum atomic E-state index is -0.213. The quantitative estimate of drug-likeness (QED) is 0.762. The lowest BCUT2D eigenvalue weighted by Crippen LogP contribution is -2.32. The highest BCUT2D eigenvalue weighted by Crippen LogP contribution is 2.30. The number of nitrogens with zero attached hydrogens (tertiary/aromatic N) is 3. The number of fused-ring (bicyclic) bond motifs is 2. The van der Waals surface area contributed by atoms with Crippen molar-refractivity contribution < 1.29 is 9.63 Å². The van der Waals surface area contributed by atoms with Crippen LogP contribution in [-0.4, -0.2) is 40.8 Å². The average molecular weight is 347 g/mol. The number of rotatable bonds is 3. The maximum absolute atomic E-state index is 12.7. The summed E-state index contributed by atoms with van der Waals surface area (Å²) in [6, 6.07) is 13.5. The van der Waals surface area contributed by atoms with E-state index in [2.05, 4.69) is 25.3 Å². The van der Waals surface area contributed by atoms with Crippen molar-refractivity contribution in [2.24, 2.45) is 11.1 Å². The number of H-pyrrole nitrogens is 1. The Morgan fingerprint density at radius 1 is 1.23 bits per heavy atom. The van der Waals surface area contributed by atoms with Crippen LogP contribution in [0.2, 0.25) is 0 Å². The van der Waals surface area contributed by atoms with Crippen molar-refractivity contribution in [1.82, 2.24) is 9.97 Å². The number of oxime groups is 1. The Bertz CT molecular complexity index is 997. The molecule has 0 aliphatic carbocycles. The molecule has 1 amide bonds. The number of pyridine rings is 1. The summed E-state index contributed by atoms with van der Waals surface area (Å²) in [6.45, 7) is 1.35. The fourth-order valence-corrected chi connectivity index (χ4v) is 3.60. The third-order valence-corrected chi connectivity index (χ3v) is 4.92. The molecule has 2 aromatic heterocycles. The van der Waals surface area contributed by atoms with E-state index < -0.39 is 0 Å². The summed E-state index contributed by atoms with van der Waals surface area (Å²) >= 11 is 0. The van der Waals surface area contributed by atoms with Gasteiger partial charge in [-0.2, -0.15) is 0 Å². The zero-order valence-electron chi connectivity index (χ0n) is 13.9. The molecule has 5 rings (SSSR count). The molecule has 7 nitrogen and oxygen atoms in total. The van der Waals surface area contributed by atoms with Crippen molar-refractivity contribution in [3.05, 3.63) is 54.9 Å². The van der Waals surface area contributed by atoms with Gasteiger partial charge in [-0.05, 0) is 36.4 Å². The zero-order valence-corrected chi connectivity index (χ0v) is 13.9. The number of aromatic amines is 1. The van der Waals surface area contributed by atoms with Gasteiger partial charge in [0.2, 0.25) is 0 Å². The maximum atomic E-state index is 12.7. The van der Waals surface area contributed by atoms with Gasteiger partial charge in [-0.3, -0.25) is 4.79 Å². The van der Waals surface area contributed by atoms with E-state index in [1.54, 1.807) is 6.20 Å². The van der Waals surface area contributed by atoms with Crippen molar-refractivity contribution in [2.75, 3.05) is 23.3 Å². The van der Waals surface area contributed by atoms with E-state index in [-0.39, 0.29) is 17.9 Å². The highest BCUT2D eigenvalue weighted by atomic mass is 16.6. The minimum absolute atomic E-state index is 0.0482. The van der Waals surface area contributed by atoms with Gasteiger partial charge in [0.15, 0.2) is 11.8 Å². The molecule has 2 atom stereocenters. The molecule has 2 aliphatic rings. The molecule has 2 aliphatic heterocycles. The third kappa shape index (κ3) is 2.48. The van der Waals surface area contributed by atoms with Crippen LogP contribution >= 0.6 is 0 Å². The Labute approximate surface area is 149 Å². The van der Waals surface area contributed by atoms with Crippen LogP contribution in [0.3, 0.4) is 0 Å². The number of anilines is 2. The van der Waals surface area contributed by atoms with E-state index in [9.17, 15) is 4.79 Å². The Balaban J connectivity index is 1.31. The summed E-state index contributed by atoms with van der Waals surface area (Å²) in [5.74, 6) is 0.631. The number of amides is 1. The minimum Gasteiger partial charge on any atom is -0.389 e. The molecular formula is C19H17N5O2. The predicted molar refractivity (Wildman–Crippen MR) is 99.2 cm³/mol. The van der Waals surface area contributed by atoms with Gasteiger partial charge in [-0.1, -0.05) is 11.2 Å². The van der Waals surface area contributed by atoms with Gasteiger partial charge >= 0.3 is 0 Å². The van der Waals surface area contributed by atoms with Crippen LogP contribution in [0.25, 0.3) is 10.9 Å². The SMILES string of the molecule is O=C(Nc1ccc2[nH]ccc2c1)C1=NO[C@@H]2CN(c3ccccn3)C[C@H]12. The van der Waals surface area contributed by atoms with Crippen LogP contribution in [-0.2, 0) is 9.63 Å². The molecule has 0 bridgehead atoms. The monoisotopic (exact) mass is 347 g/mol. The van der Waals surface area contributed by atoms with Crippen LogP contribution in [0.5, 0.6) is 0 Å². The Morgan fingerprint density at radius 3 is 3.08 bits per heavy atom. The second-order valence-electron chi connectivity index (χ2n) is 6.55. The first-order valence-corrected chi connectivity index (χ1v) is 8.56. The van der Waals surface area contributed by atoms with Gasteiger partial charge < -0.3 is 20.0 Å². The van der Waals surface area contributed by atoms with E-state index >= 15 is 0 Å². The Hall–Kier alpha value is -3.35. The Kier molecular flexibility index (Phi) is 3.38. The standard InChI is InChI=1S/C19H17N5O2/c25-19(22-13-4-5-15-12(9-13)6-8-20-15)18-14-10-24(11-16(14)26-23-18)17-3-1-2-7-21-17/h1-9,14,16,20H,10-11H2,(H,22,25)/t14-,16+/m0/s1. The van der Waals surface area contributed by atoms with Crippen LogP contribution in [0, 0.1) is 5.92 Å². The summed E-state index contributed by atoms with van der Waals surface area (Å²) in [7, 11) is 0. The number of aromatic nitrogens is 2. The number of hydrogen-bond donors (Lipinski definition) is 2. The van der Waals surface area contributed by atoms with Gasteiger partial charge in [-0.15, -0.1) is 0 Å². The van der Waals surface area contributed by atoms with Crippen LogP contribution in [0.4, 0.5) is 11.5 Å². The summed E-state index contributed by atoms with van der Waals surface area (Å²) in [4.78, 5) is 27.9. The molecule has 2 N–H and O–H groups in total. The molecule has 130 valence electrons. The molecule has 0 unspecified atom stereocenters. The molecule has 1 saturated heterocycles. The average Bonchev–Trinajstić information content (AvgIpc) is 3.37. The first kappa shape index (κ1) is 14.9. The van der Waals surface area contributed by atoms with E-state index in [1.807, 2.05) is 48.7 Å². The molecule has 7 heteroatoms. The first-order valence-electron chi connectivity index (χ1n) is 8.56. The fourth-order valence-electron chi connectivity index (χ4n) is 3.60. The number of nitrogens with one attached hydrogen (secondary N) is 2. The van der Waals surface area contributed by atoms with Crippen molar-refractivity contribution in [3.8, 4) is 0 Å². The molecule has 26 heavy (non-hydrogen) atoms. The maximum Gasteiger partial charge on any atom is 0.273 e. The van der Waals surface area contributed by atoms with Crippen molar-refractivity contribution in [2.45, 2.75) is 6.10 Å². The van der Waals surface area contributed by atoms with Gasteiger partial charge in [-0.25, -0.2) is 4.98 Å². The summed E-state index contributed by atoms with van der Waals surface area (Å²) in [5, 5.41) is 8.03. The number of carbonyl (C=O) groups is 1. The zero-order chi connectivity index (χ0) is 17.5. The molecule has 0 saturated carbocycles. The molecule has 1 fully saturated rings. The van der Waals surface area contributed by atoms with E-state index in [1.165, 1.54) is 0 Å². The highest BCUT2D eigenvalue weighted by molar-refractivity contribution is 6.44. The van der Waals surface area contributed by atoms with Crippen molar-refractivity contribution in [1.29, 1.82) is 0 Å².